The summed E-state index contributed by atoms with van der Waals surface area (Å²) < 4.78 is 19.0. The molecule has 1 aliphatic rings. The van der Waals surface area contributed by atoms with E-state index in [4.69, 9.17) is 4.52 Å². The van der Waals surface area contributed by atoms with Gasteiger partial charge < -0.3 is 20.1 Å². The zero-order valence-corrected chi connectivity index (χ0v) is 17.8. The molecule has 166 valence electrons. The van der Waals surface area contributed by atoms with Gasteiger partial charge in [0.2, 0.25) is 5.91 Å². The van der Waals surface area contributed by atoms with Crippen molar-refractivity contribution in [2.45, 2.75) is 32.2 Å². The van der Waals surface area contributed by atoms with Crippen LogP contribution in [0.2, 0.25) is 0 Å². The number of rotatable bonds is 7. The number of benzene rings is 2. The standard InChI is InChI=1S/C24H25FN4O3/c1-16(13-23(30)27-17-7-6-8-18(14-17)29-11-4-5-12-29)26-24(31)21-15-22(32-28-21)19-9-2-3-10-20(19)25/h2-3,6-10,14-16H,4-5,11-13H2,1H3,(H,26,31)(H,27,30). The highest BCUT2D eigenvalue weighted by Gasteiger charge is 2.19. The molecule has 32 heavy (non-hydrogen) atoms. The lowest BCUT2D eigenvalue weighted by Gasteiger charge is -2.19. The van der Waals surface area contributed by atoms with Gasteiger partial charge in [-0.2, -0.15) is 0 Å². The van der Waals surface area contributed by atoms with Crippen LogP contribution < -0.4 is 15.5 Å². The second-order valence-electron chi connectivity index (χ2n) is 7.93. The number of carbonyl (C=O) groups is 2. The molecule has 1 saturated heterocycles. The average molecular weight is 436 g/mol. The van der Waals surface area contributed by atoms with Gasteiger partial charge in [0.1, 0.15) is 5.82 Å². The molecule has 1 aromatic heterocycles. The Hall–Kier alpha value is -3.68. The maximum atomic E-state index is 13.9. The molecule has 4 rings (SSSR count). The van der Waals surface area contributed by atoms with Crippen molar-refractivity contribution < 1.29 is 18.5 Å². The van der Waals surface area contributed by atoms with E-state index in [1.54, 1.807) is 25.1 Å². The third-order valence-electron chi connectivity index (χ3n) is 5.35. The van der Waals surface area contributed by atoms with Crippen LogP contribution in [0.1, 0.15) is 36.7 Å². The molecule has 8 heteroatoms. The maximum Gasteiger partial charge on any atom is 0.273 e. The molecule has 2 amide bonds. The van der Waals surface area contributed by atoms with Crippen LogP contribution in [-0.4, -0.2) is 36.1 Å². The molecule has 0 bridgehead atoms. The second-order valence-corrected chi connectivity index (χ2v) is 7.93. The third-order valence-corrected chi connectivity index (χ3v) is 5.35. The van der Waals surface area contributed by atoms with Gasteiger partial charge in [0.25, 0.3) is 5.91 Å². The second kappa shape index (κ2) is 9.64. The number of amides is 2. The zero-order chi connectivity index (χ0) is 22.5. The summed E-state index contributed by atoms with van der Waals surface area (Å²) in [6.45, 7) is 3.79. The van der Waals surface area contributed by atoms with Crippen molar-refractivity contribution in [1.29, 1.82) is 0 Å². The van der Waals surface area contributed by atoms with Crippen molar-refractivity contribution in [3.63, 3.8) is 0 Å². The van der Waals surface area contributed by atoms with Gasteiger partial charge in [-0.25, -0.2) is 4.39 Å². The Bertz CT molecular complexity index is 1110. The third kappa shape index (κ3) is 5.14. The average Bonchev–Trinajstić information content (AvgIpc) is 3.47. The normalized spacial score (nSPS) is 14.2. The highest BCUT2D eigenvalue weighted by molar-refractivity contribution is 5.95. The van der Waals surface area contributed by atoms with E-state index in [1.807, 2.05) is 24.3 Å². The van der Waals surface area contributed by atoms with E-state index < -0.39 is 17.8 Å². The van der Waals surface area contributed by atoms with Gasteiger partial charge in [-0.3, -0.25) is 9.59 Å². The highest BCUT2D eigenvalue weighted by atomic mass is 19.1. The maximum absolute atomic E-state index is 13.9. The fourth-order valence-corrected chi connectivity index (χ4v) is 3.76. The number of aromatic nitrogens is 1. The minimum atomic E-state index is -0.493. The first kappa shape index (κ1) is 21.5. The fourth-order valence-electron chi connectivity index (χ4n) is 3.76. The molecular formula is C24H25FN4O3. The van der Waals surface area contributed by atoms with E-state index in [0.29, 0.717) is 0 Å². The molecule has 7 nitrogen and oxygen atoms in total. The lowest BCUT2D eigenvalue weighted by molar-refractivity contribution is -0.116. The monoisotopic (exact) mass is 436 g/mol. The number of hydrogen-bond donors (Lipinski definition) is 2. The summed E-state index contributed by atoms with van der Waals surface area (Å²) in [5.41, 5.74) is 2.07. The van der Waals surface area contributed by atoms with Gasteiger partial charge in [-0.1, -0.05) is 23.4 Å². The van der Waals surface area contributed by atoms with Crippen molar-refractivity contribution >= 4 is 23.2 Å². The summed E-state index contributed by atoms with van der Waals surface area (Å²) in [4.78, 5) is 27.2. The van der Waals surface area contributed by atoms with Crippen molar-refractivity contribution in [3.8, 4) is 11.3 Å². The van der Waals surface area contributed by atoms with Crippen LogP contribution in [0.3, 0.4) is 0 Å². The number of nitrogens with zero attached hydrogens (tertiary/aromatic N) is 2. The predicted molar refractivity (Wildman–Crippen MR) is 120 cm³/mol. The van der Waals surface area contributed by atoms with Crippen molar-refractivity contribution in [3.05, 3.63) is 66.1 Å². The number of hydrogen-bond acceptors (Lipinski definition) is 5. The van der Waals surface area contributed by atoms with Crippen molar-refractivity contribution in [2.75, 3.05) is 23.3 Å². The van der Waals surface area contributed by atoms with E-state index in [1.165, 1.54) is 25.0 Å². The number of anilines is 2. The Morgan fingerprint density at radius 1 is 1.12 bits per heavy atom. The van der Waals surface area contributed by atoms with Gasteiger partial charge in [-0.15, -0.1) is 0 Å². The quantitative estimate of drug-likeness (QED) is 0.579. The smallest absolute Gasteiger partial charge is 0.273 e. The molecule has 2 heterocycles. The largest absolute Gasteiger partial charge is 0.371 e. The van der Waals surface area contributed by atoms with Crippen LogP contribution in [0.15, 0.2) is 59.1 Å². The molecule has 3 aromatic rings. The van der Waals surface area contributed by atoms with E-state index in [9.17, 15) is 14.0 Å². The summed E-state index contributed by atoms with van der Waals surface area (Å²) in [6.07, 6.45) is 2.46. The van der Waals surface area contributed by atoms with E-state index in [2.05, 4.69) is 20.7 Å². The van der Waals surface area contributed by atoms with Gasteiger partial charge >= 0.3 is 0 Å². The van der Waals surface area contributed by atoms with Crippen molar-refractivity contribution in [1.82, 2.24) is 10.5 Å². The Kier molecular flexibility index (Phi) is 6.49. The molecule has 0 radical (unpaired) electrons. The Balaban J connectivity index is 1.31. The lowest BCUT2D eigenvalue weighted by atomic mass is 10.1. The number of nitrogens with one attached hydrogen (secondary N) is 2. The fraction of sp³-hybridized carbons (Fsp3) is 0.292. The zero-order valence-electron chi connectivity index (χ0n) is 17.8. The molecule has 0 saturated carbocycles. The Morgan fingerprint density at radius 2 is 1.91 bits per heavy atom. The topological polar surface area (TPSA) is 87.5 Å². The summed E-state index contributed by atoms with van der Waals surface area (Å²) >= 11 is 0. The van der Waals surface area contributed by atoms with Crippen LogP contribution in [0.25, 0.3) is 11.3 Å². The number of halogens is 1. The van der Waals surface area contributed by atoms with Crippen LogP contribution in [-0.2, 0) is 4.79 Å². The van der Waals surface area contributed by atoms with Gasteiger partial charge in [0.05, 0.1) is 5.56 Å². The molecule has 0 aliphatic carbocycles. The molecule has 2 aromatic carbocycles. The molecular weight excluding hydrogens is 411 g/mol. The minimum Gasteiger partial charge on any atom is -0.371 e. The van der Waals surface area contributed by atoms with Crippen LogP contribution in [0.5, 0.6) is 0 Å². The molecule has 1 atom stereocenters. The molecule has 2 N–H and O–H groups in total. The SMILES string of the molecule is CC(CC(=O)Nc1cccc(N2CCCC2)c1)NC(=O)c1cc(-c2ccccc2F)on1. The predicted octanol–water partition coefficient (Wildman–Crippen LogP) is 4.23. The first-order valence-corrected chi connectivity index (χ1v) is 10.7. The number of carbonyl (C=O) groups excluding carboxylic acids is 2. The molecule has 0 spiro atoms. The van der Waals surface area contributed by atoms with E-state index >= 15 is 0 Å². The van der Waals surface area contributed by atoms with Crippen molar-refractivity contribution in [2.24, 2.45) is 0 Å². The Morgan fingerprint density at radius 3 is 2.69 bits per heavy atom. The van der Waals surface area contributed by atoms with Crippen LogP contribution in [0.4, 0.5) is 15.8 Å². The summed E-state index contributed by atoms with van der Waals surface area (Å²) in [5, 5.41) is 9.34. The lowest BCUT2D eigenvalue weighted by Crippen LogP contribution is -2.35. The highest BCUT2D eigenvalue weighted by Crippen LogP contribution is 2.24. The molecule has 1 unspecified atom stereocenters. The van der Waals surface area contributed by atoms with Gasteiger partial charge in [-0.05, 0) is 50.1 Å². The van der Waals surface area contributed by atoms with E-state index in [-0.39, 0.29) is 29.3 Å². The minimum absolute atomic E-state index is 0.0221. The first-order chi connectivity index (χ1) is 15.5. The summed E-state index contributed by atoms with van der Waals surface area (Å²) in [6, 6.07) is 14.8. The summed E-state index contributed by atoms with van der Waals surface area (Å²) in [7, 11) is 0. The molecule has 1 aliphatic heterocycles. The molecule has 1 fully saturated rings. The van der Waals surface area contributed by atoms with Crippen LogP contribution >= 0.6 is 0 Å². The Labute approximate surface area is 185 Å². The summed E-state index contributed by atoms with van der Waals surface area (Å²) in [5.74, 6) is -0.998. The van der Waals surface area contributed by atoms with Gasteiger partial charge in [0.15, 0.2) is 11.5 Å². The first-order valence-electron chi connectivity index (χ1n) is 10.7. The van der Waals surface area contributed by atoms with Gasteiger partial charge in [0, 0.05) is 43.0 Å². The van der Waals surface area contributed by atoms with Crippen LogP contribution in [0, 0.1) is 5.82 Å². The van der Waals surface area contributed by atoms with E-state index in [0.717, 1.165) is 24.5 Å².